The second-order valence-corrected chi connectivity index (χ2v) is 6.32. The van der Waals surface area contributed by atoms with Gasteiger partial charge in [-0.25, -0.2) is 0 Å². The van der Waals surface area contributed by atoms with Gasteiger partial charge in [-0.15, -0.1) is 0 Å². The zero-order chi connectivity index (χ0) is 15.1. The van der Waals surface area contributed by atoms with E-state index >= 15 is 0 Å². The maximum absolute atomic E-state index is 11.8. The first kappa shape index (κ1) is 16.0. The number of hydrogen-bond acceptors (Lipinski definition) is 3. The molecule has 1 aromatic carbocycles. The minimum atomic E-state index is -0.0990. The summed E-state index contributed by atoms with van der Waals surface area (Å²) >= 11 is 3.42. The Balaban J connectivity index is 1.73. The minimum absolute atomic E-state index is 0.0375. The van der Waals surface area contributed by atoms with Crippen LogP contribution in [0.15, 0.2) is 33.9 Å². The first-order valence-electron chi connectivity index (χ1n) is 7.36. The summed E-state index contributed by atoms with van der Waals surface area (Å²) in [7, 11) is 0. The van der Waals surface area contributed by atoms with Gasteiger partial charge in [-0.2, -0.15) is 0 Å². The molecule has 2 rings (SSSR count). The van der Waals surface area contributed by atoms with Gasteiger partial charge < -0.3 is 10.2 Å². The Morgan fingerprint density at radius 3 is 2.95 bits per heavy atom. The van der Waals surface area contributed by atoms with Gasteiger partial charge in [0.25, 0.3) is 5.91 Å². The van der Waals surface area contributed by atoms with Crippen LogP contribution in [0.2, 0.25) is 0 Å². The Bertz CT molecular complexity index is 505. The van der Waals surface area contributed by atoms with Crippen LogP contribution in [0.5, 0.6) is 0 Å². The van der Waals surface area contributed by atoms with Crippen LogP contribution < -0.4 is 5.32 Å². The summed E-state index contributed by atoms with van der Waals surface area (Å²) < 4.78 is 0.942. The van der Waals surface area contributed by atoms with Crippen molar-refractivity contribution in [3.05, 3.63) is 34.3 Å². The van der Waals surface area contributed by atoms with E-state index in [1.165, 1.54) is 19.3 Å². The molecular weight excluding hydrogens is 332 g/mol. The van der Waals surface area contributed by atoms with Crippen molar-refractivity contribution in [1.82, 2.24) is 5.32 Å². The second-order valence-electron chi connectivity index (χ2n) is 5.47. The van der Waals surface area contributed by atoms with Crippen LogP contribution >= 0.6 is 15.9 Å². The SMILES string of the molecule is C[C@H]1CCCC[C@H]1NC(=O)CO/N=C\c1ccccc1Br. The monoisotopic (exact) mass is 352 g/mol. The summed E-state index contributed by atoms with van der Waals surface area (Å²) in [5.41, 5.74) is 0.916. The Hall–Kier alpha value is -1.36. The molecule has 1 fully saturated rings. The third-order valence-corrected chi connectivity index (χ3v) is 4.55. The molecule has 2 atom stereocenters. The lowest BCUT2D eigenvalue weighted by Crippen LogP contribution is -2.42. The van der Waals surface area contributed by atoms with E-state index in [1.54, 1.807) is 6.21 Å². The molecule has 1 aliphatic rings. The number of nitrogens with zero attached hydrogens (tertiary/aromatic N) is 1. The van der Waals surface area contributed by atoms with Crippen molar-refractivity contribution in [1.29, 1.82) is 0 Å². The highest BCUT2D eigenvalue weighted by atomic mass is 79.9. The van der Waals surface area contributed by atoms with Crippen LogP contribution in [0.4, 0.5) is 0 Å². The van der Waals surface area contributed by atoms with Gasteiger partial charge in [0.05, 0.1) is 6.21 Å². The van der Waals surface area contributed by atoms with Gasteiger partial charge in [0.15, 0.2) is 6.61 Å². The van der Waals surface area contributed by atoms with Crippen LogP contribution in [-0.4, -0.2) is 24.8 Å². The van der Waals surface area contributed by atoms with Gasteiger partial charge in [0.1, 0.15) is 0 Å². The molecule has 0 spiro atoms. The molecule has 1 aliphatic carbocycles. The zero-order valence-electron chi connectivity index (χ0n) is 12.2. The van der Waals surface area contributed by atoms with E-state index in [0.717, 1.165) is 16.5 Å². The molecule has 1 aromatic rings. The third-order valence-electron chi connectivity index (χ3n) is 3.83. The molecule has 0 bridgehead atoms. The Labute approximate surface area is 134 Å². The molecule has 0 unspecified atom stereocenters. The van der Waals surface area contributed by atoms with Crippen molar-refractivity contribution in [2.45, 2.75) is 38.6 Å². The number of oxime groups is 1. The first-order chi connectivity index (χ1) is 10.2. The van der Waals surface area contributed by atoms with E-state index in [-0.39, 0.29) is 18.6 Å². The molecule has 0 radical (unpaired) electrons. The average Bonchev–Trinajstić information content (AvgIpc) is 2.48. The number of carbonyl (C=O) groups is 1. The predicted molar refractivity (Wildman–Crippen MR) is 87.3 cm³/mol. The van der Waals surface area contributed by atoms with E-state index in [4.69, 9.17) is 4.84 Å². The largest absolute Gasteiger partial charge is 0.386 e. The molecule has 4 nitrogen and oxygen atoms in total. The molecule has 0 saturated heterocycles. The van der Waals surface area contributed by atoms with Crippen molar-refractivity contribution < 1.29 is 9.63 Å². The van der Waals surface area contributed by atoms with Gasteiger partial charge >= 0.3 is 0 Å². The number of amides is 1. The lowest BCUT2D eigenvalue weighted by molar-refractivity contribution is -0.126. The van der Waals surface area contributed by atoms with Crippen LogP contribution in [0, 0.1) is 5.92 Å². The highest BCUT2D eigenvalue weighted by Crippen LogP contribution is 2.23. The number of nitrogens with one attached hydrogen (secondary N) is 1. The van der Waals surface area contributed by atoms with E-state index in [0.29, 0.717) is 5.92 Å². The third kappa shape index (κ3) is 5.16. The molecule has 0 aromatic heterocycles. The number of benzene rings is 1. The fraction of sp³-hybridized carbons (Fsp3) is 0.500. The smallest absolute Gasteiger partial charge is 0.261 e. The quantitative estimate of drug-likeness (QED) is 0.651. The number of rotatable bonds is 5. The fourth-order valence-electron chi connectivity index (χ4n) is 2.55. The number of halogens is 1. The van der Waals surface area contributed by atoms with Crippen molar-refractivity contribution in [2.24, 2.45) is 11.1 Å². The van der Waals surface area contributed by atoms with Crippen molar-refractivity contribution >= 4 is 28.1 Å². The number of carbonyl (C=O) groups excluding carboxylic acids is 1. The molecule has 5 heteroatoms. The lowest BCUT2D eigenvalue weighted by atomic mass is 9.86. The van der Waals surface area contributed by atoms with Gasteiger partial charge in [-0.1, -0.05) is 59.1 Å². The number of hydrogen-bond donors (Lipinski definition) is 1. The molecule has 1 N–H and O–H groups in total. The standard InChI is InChI=1S/C16H21BrN2O2/c1-12-6-2-5-9-15(12)19-16(20)11-21-18-10-13-7-3-4-8-14(13)17/h3-4,7-8,10,12,15H,2,5-6,9,11H2,1H3,(H,19,20)/b18-10-/t12-,15+/m0/s1. The van der Waals surface area contributed by atoms with Gasteiger partial charge in [-0.3, -0.25) is 4.79 Å². The van der Waals surface area contributed by atoms with Crippen LogP contribution in [0.25, 0.3) is 0 Å². The minimum Gasteiger partial charge on any atom is -0.386 e. The summed E-state index contributed by atoms with van der Waals surface area (Å²) in [4.78, 5) is 16.9. The normalized spacial score (nSPS) is 22.2. The fourth-order valence-corrected chi connectivity index (χ4v) is 2.94. The molecule has 21 heavy (non-hydrogen) atoms. The lowest BCUT2D eigenvalue weighted by Gasteiger charge is -2.29. The van der Waals surface area contributed by atoms with Crippen LogP contribution in [-0.2, 0) is 9.63 Å². The van der Waals surface area contributed by atoms with E-state index in [1.807, 2.05) is 24.3 Å². The molecule has 0 heterocycles. The molecule has 114 valence electrons. The zero-order valence-corrected chi connectivity index (χ0v) is 13.8. The van der Waals surface area contributed by atoms with Crippen molar-refractivity contribution in [2.75, 3.05) is 6.61 Å². The Morgan fingerprint density at radius 1 is 1.43 bits per heavy atom. The summed E-state index contributed by atoms with van der Waals surface area (Å²) in [6.45, 7) is 2.15. The predicted octanol–water partition coefficient (Wildman–Crippen LogP) is 3.49. The van der Waals surface area contributed by atoms with Crippen LogP contribution in [0.3, 0.4) is 0 Å². The first-order valence-corrected chi connectivity index (χ1v) is 8.15. The molecular formula is C16H21BrN2O2. The average molecular weight is 353 g/mol. The maximum atomic E-state index is 11.8. The van der Waals surface area contributed by atoms with Crippen molar-refractivity contribution in [3.63, 3.8) is 0 Å². The highest BCUT2D eigenvalue weighted by Gasteiger charge is 2.22. The van der Waals surface area contributed by atoms with Crippen LogP contribution in [0.1, 0.15) is 38.2 Å². The summed E-state index contributed by atoms with van der Waals surface area (Å²) in [6, 6.07) is 7.98. The Morgan fingerprint density at radius 2 is 2.19 bits per heavy atom. The van der Waals surface area contributed by atoms with E-state index in [9.17, 15) is 4.79 Å². The Kier molecular flexibility index (Phi) is 6.23. The highest BCUT2D eigenvalue weighted by molar-refractivity contribution is 9.10. The summed E-state index contributed by atoms with van der Waals surface area (Å²) in [5.74, 6) is 0.449. The molecule has 0 aliphatic heterocycles. The molecule has 1 saturated carbocycles. The second kappa shape index (κ2) is 8.17. The topological polar surface area (TPSA) is 50.7 Å². The summed E-state index contributed by atoms with van der Waals surface area (Å²) in [6.07, 6.45) is 6.30. The van der Waals surface area contributed by atoms with E-state index < -0.39 is 0 Å². The summed E-state index contributed by atoms with van der Waals surface area (Å²) in [5, 5.41) is 6.87. The van der Waals surface area contributed by atoms with Gasteiger partial charge in [0, 0.05) is 16.1 Å². The van der Waals surface area contributed by atoms with Gasteiger partial charge in [0.2, 0.25) is 0 Å². The van der Waals surface area contributed by atoms with Gasteiger partial charge in [-0.05, 0) is 24.8 Å². The van der Waals surface area contributed by atoms with E-state index in [2.05, 4.69) is 33.3 Å². The molecule has 1 amide bonds. The van der Waals surface area contributed by atoms with Crippen molar-refractivity contribution in [3.8, 4) is 0 Å². The maximum Gasteiger partial charge on any atom is 0.261 e.